The summed E-state index contributed by atoms with van der Waals surface area (Å²) in [5.74, 6) is -0.892. The summed E-state index contributed by atoms with van der Waals surface area (Å²) in [6.45, 7) is -3.06. The van der Waals surface area contributed by atoms with Crippen LogP contribution in [0, 0.1) is 10.1 Å². The number of carbonyl (C=O) groups excluding carboxylic acids is 1. The van der Waals surface area contributed by atoms with Gasteiger partial charge >= 0.3 is 6.61 Å². The molecule has 0 saturated carbocycles. The van der Waals surface area contributed by atoms with Gasteiger partial charge in [0.2, 0.25) is 0 Å². The van der Waals surface area contributed by atoms with Gasteiger partial charge in [0.1, 0.15) is 11.5 Å². The molecule has 0 heterocycles. The molecule has 0 aliphatic rings. The highest BCUT2D eigenvalue weighted by atomic mass is 19.3. The minimum Gasteiger partial charge on any atom is -0.496 e. The molecule has 1 amide bonds. The SMILES string of the molecule is COc1ccc([N+](=O)[O-])cc1C(=O)Nc1ccccc1OC(F)F. The van der Waals surface area contributed by atoms with Crippen LogP contribution in [0.25, 0.3) is 0 Å². The smallest absolute Gasteiger partial charge is 0.387 e. The van der Waals surface area contributed by atoms with Gasteiger partial charge < -0.3 is 14.8 Å². The van der Waals surface area contributed by atoms with E-state index in [1.165, 1.54) is 43.5 Å². The number of non-ortho nitro benzene ring substituents is 1. The lowest BCUT2D eigenvalue weighted by Crippen LogP contribution is -2.15. The third-order valence-electron chi connectivity index (χ3n) is 2.99. The van der Waals surface area contributed by atoms with E-state index in [2.05, 4.69) is 10.1 Å². The molecule has 126 valence electrons. The van der Waals surface area contributed by atoms with E-state index in [0.717, 1.165) is 6.07 Å². The third kappa shape index (κ3) is 3.94. The van der Waals surface area contributed by atoms with Gasteiger partial charge in [-0.15, -0.1) is 0 Å². The summed E-state index contributed by atoms with van der Waals surface area (Å²) in [7, 11) is 1.30. The number of alkyl halides is 2. The van der Waals surface area contributed by atoms with E-state index in [1.807, 2.05) is 0 Å². The van der Waals surface area contributed by atoms with E-state index in [-0.39, 0.29) is 28.4 Å². The van der Waals surface area contributed by atoms with Crippen LogP contribution < -0.4 is 14.8 Å². The number of ether oxygens (including phenoxy) is 2. The Morgan fingerprint density at radius 2 is 1.92 bits per heavy atom. The first-order chi connectivity index (χ1) is 11.4. The Balaban J connectivity index is 2.33. The van der Waals surface area contributed by atoms with Crippen LogP contribution in [0.1, 0.15) is 10.4 Å². The van der Waals surface area contributed by atoms with Gasteiger partial charge in [0.25, 0.3) is 11.6 Å². The number of rotatable bonds is 6. The highest BCUT2D eigenvalue weighted by Gasteiger charge is 2.19. The van der Waals surface area contributed by atoms with E-state index >= 15 is 0 Å². The zero-order valence-electron chi connectivity index (χ0n) is 12.4. The number of amides is 1. The quantitative estimate of drug-likeness (QED) is 0.643. The maximum Gasteiger partial charge on any atom is 0.387 e. The fourth-order valence-electron chi connectivity index (χ4n) is 1.95. The molecule has 0 aliphatic carbocycles. The van der Waals surface area contributed by atoms with E-state index in [9.17, 15) is 23.7 Å². The number of nitrogens with zero attached hydrogens (tertiary/aromatic N) is 1. The minimum absolute atomic E-state index is 0.00337. The van der Waals surface area contributed by atoms with Crippen molar-refractivity contribution in [2.24, 2.45) is 0 Å². The molecule has 0 fully saturated rings. The van der Waals surface area contributed by atoms with Crippen molar-refractivity contribution in [3.63, 3.8) is 0 Å². The summed E-state index contributed by atoms with van der Waals surface area (Å²) in [6.07, 6.45) is 0. The first-order valence-electron chi connectivity index (χ1n) is 6.60. The molecule has 7 nitrogen and oxygen atoms in total. The monoisotopic (exact) mass is 338 g/mol. The first-order valence-corrected chi connectivity index (χ1v) is 6.60. The second-order valence-electron chi connectivity index (χ2n) is 4.47. The number of nitro groups is 1. The van der Waals surface area contributed by atoms with Gasteiger partial charge in [0.15, 0.2) is 0 Å². The summed E-state index contributed by atoms with van der Waals surface area (Å²) >= 11 is 0. The predicted octanol–water partition coefficient (Wildman–Crippen LogP) is 3.46. The van der Waals surface area contributed by atoms with Crippen LogP contribution in [0.3, 0.4) is 0 Å². The van der Waals surface area contributed by atoms with Crippen molar-refractivity contribution in [1.29, 1.82) is 0 Å². The number of hydrogen-bond acceptors (Lipinski definition) is 5. The normalized spacial score (nSPS) is 10.3. The lowest BCUT2D eigenvalue weighted by molar-refractivity contribution is -0.384. The summed E-state index contributed by atoms with van der Waals surface area (Å²) in [5.41, 5.74) is -0.423. The van der Waals surface area contributed by atoms with E-state index in [4.69, 9.17) is 4.74 Å². The number of halogens is 2. The van der Waals surface area contributed by atoms with Gasteiger partial charge in [0, 0.05) is 12.1 Å². The molecule has 2 aromatic rings. The maximum absolute atomic E-state index is 12.4. The molecule has 24 heavy (non-hydrogen) atoms. The Bertz CT molecular complexity index is 767. The molecule has 2 rings (SSSR count). The Kier molecular flexibility index (Phi) is 5.25. The number of nitro benzene ring substituents is 1. The van der Waals surface area contributed by atoms with E-state index in [1.54, 1.807) is 0 Å². The van der Waals surface area contributed by atoms with Crippen molar-refractivity contribution in [1.82, 2.24) is 0 Å². The van der Waals surface area contributed by atoms with Crippen molar-refractivity contribution >= 4 is 17.3 Å². The second-order valence-corrected chi connectivity index (χ2v) is 4.47. The molecule has 1 N–H and O–H groups in total. The summed E-state index contributed by atoms with van der Waals surface area (Å²) < 4.78 is 34.1. The van der Waals surface area contributed by atoms with Crippen LogP contribution in [0.2, 0.25) is 0 Å². The van der Waals surface area contributed by atoms with Crippen LogP contribution in [0.4, 0.5) is 20.2 Å². The van der Waals surface area contributed by atoms with Gasteiger partial charge in [-0.05, 0) is 18.2 Å². The van der Waals surface area contributed by atoms with Crippen molar-refractivity contribution in [3.8, 4) is 11.5 Å². The largest absolute Gasteiger partial charge is 0.496 e. The number of hydrogen-bond donors (Lipinski definition) is 1. The average Bonchev–Trinajstić information content (AvgIpc) is 2.55. The van der Waals surface area contributed by atoms with E-state index in [0.29, 0.717) is 0 Å². The zero-order valence-corrected chi connectivity index (χ0v) is 12.4. The molecule has 0 aromatic heterocycles. The highest BCUT2D eigenvalue weighted by Crippen LogP contribution is 2.29. The molecule has 0 aliphatic heterocycles. The summed E-state index contributed by atoms with van der Waals surface area (Å²) in [4.78, 5) is 22.5. The molecule has 0 unspecified atom stereocenters. The lowest BCUT2D eigenvalue weighted by Gasteiger charge is -2.13. The molecule has 0 spiro atoms. The van der Waals surface area contributed by atoms with Crippen molar-refractivity contribution in [2.75, 3.05) is 12.4 Å². The van der Waals surface area contributed by atoms with Gasteiger partial charge in [-0.1, -0.05) is 12.1 Å². The Morgan fingerprint density at radius 1 is 1.21 bits per heavy atom. The molecule has 2 aromatic carbocycles. The maximum atomic E-state index is 12.4. The molecule has 0 radical (unpaired) electrons. The van der Waals surface area contributed by atoms with Gasteiger partial charge in [-0.2, -0.15) is 8.78 Å². The molecule has 9 heteroatoms. The number of methoxy groups -OCH3 is 1. The fourth-order valence-corrected chi connectivity index (χ4v) is 1.95. The number of anilines is 1. The summed E-state index contributed by atoms with van der Waals surface area (Å²) in [5, 5.41) is 13.2. The number of benzene rings is 2. The highest BCUT2D eigenvalue weighted by molar-refractivity contribution is 6.07. The Labute approximate surface area is 135 Å². The van der Waals surface area contributed by atoms with Crippen molar-refractivity contribution in [3.05, 3.63) is 58.1 Å². The topological polar surface area (TPSA) is 90.7 Å². The molecule has 0 bridgehead atoms. The second kappa shape index (κ2) is 7.36. The summed E-state index contributed by atoms with van der Waals surface area (Å²) in [6, 6.07) is 9.08. The Hall–Kier alpha value is -3.23. The van der Waals surface area contributed by atoms with Crippen LogP contribution in [-0.2, 0) is 0 Å². The standard InChI is InChI=1S/C15H12F2N2O5/c1-23-12-7-6-9(19(21)22)8-10(12)14(20)18-11-4-2-3-5-13(11)24-15(16)17/h2-8,15H,1H3,(H,18,20). The molecule has 0 saturated heterocycles. The number of carbonyl (C=O) groups is 1. The zero-order chi connectivity index (χ0) is 17.7. The molecular weight excluding hydrogens is 326 g/mol. The van der Waals surface area contributed by atoms with Crippen molar-refractivity contribution in [2.45, 2.75) is 6.61 Å². The van der Waals surface area contributed by atoms with Crippen LogP contribution >= 0.6 is 0 Å². The van der Waals surface area contributed by atoms with Gasteiger partial charge in [-0.25, -0.2) is 0 Å². The number of nitrogens with one attached hydrogen (secondary N) is 1. The first kappa shape index (κ1) is 17.1. The minimum atomic E-state index is -3.06. The predicted molar refractivity (Wildman–Crippen MR) is 80.7 cm³/mol. The number of para-hydroxylation sites is 2. The van der Waals surface area contributed by atoms with Crippen LogP contribution in [-0.4, -0.2) is 24.6 Å². The molecular formula is C15H12F2N2O5. The van der Waals surface area contributed by atoms with E-state index < -0.39 is 17.4 Å². The Morgan fingerprint density at radius 3 is 2.54 bits per heavy atom. The average molecular weight is 338 g/mol. The van der Waals surface area contributed by atoms with Gasteiger partial charge in [0.05, 0.1) is 23.3 Å². The van der Waals surface area contributed by atoms with Crippen LogP contribution in [0.5, 0.6) is 11.5 Å². The molecule has 0 atom stereocenters. The fraction of sp³-hybridized carbons (Fsp3) is 0.133. The van der Waals surface area contributed by atoms with Gasteiger partial charge in [-0.3, -0.25) is 14.9 Å². The third-order valence-corrected chi connectivity index (χ3v) is 2.99. The van der Waals surface area contributed by atoms with Crippen molar-refractivity contribution < 1.29 is 28.0 Å². The van der Waals surface area contributed by atoms with Crippen LogP contribution in [0.15, 0.2) is 42.5 Å². The lowest BCUT2D eigenvalue weighted by atomic mass is 10.1.